The molecule has 0 amide bonds. The maximum absolute atomic E-state index is 12.4. The number of hydrogen-bond acceptors (Lipinski definition) is 4. The van der Waals surface area contributed by atoms with E-state index in [9.17, 15) is 4.79 Å². The molecular weight excluding hydrogens is 352 g/mol. The Balaban J connectivity index is 0.000000921. The van der Waals surface area contributed by atoms with Gasteiger partial charge in [-0.15, -0.1) is 0 Å². The fourth-order valence-electron chi connectivity index (χ4n) is 2.33. The number of allylic oxidation sites excluding steroid dienone is 1. The van der Waals surface area contributed by atoms with Gasteiger partial charge in [-0.05, 0) is 31.2 Å². The second kappa shape index (κ2) is 11.8. The highest BCUT2D eigenvalue weighted by atomic mass is 16.5. The number of carbonyl (C=O) groups excluding carboxylic acids is 1. The van der Waals surface area contributed by atoms with Crippen LogP contribution in [0.4, 0.5) is 0 Å². The highest BCUT2D eigenvalue weighted by Gasteiger charge is 2.36. The average Bonchev–Trinajstić information content (AvgIpc) is 2.76. The second-order valence-corrected chi connectivity index (χ2v) is 5.52. The Morgan fingerprint density at radius 2 is 1.21 bits per heavy atom. The summed E-state index contributed by atoms with van der Waals surface area (Å²) >= 11 is 0. The van der Waals surface area contributed by atoms with Crippen LogP contribution in [0.15, 0.2) is 84.3 Å². The van der Waals surface area contributed by atoms with Crippen LogP contribution in [0.3, 0.4) is 0 Å². The Kier molecular flexibility index (Phi) is 9.75. The van der Waals surface area contributed by atoms with E-state index in [1.165, 1.54) is 6.08 Å². The van der Waals surface area contributed by atoms with Crippen LogP contribution in [0.1, 0.15) is 34.6 Å². The first-order chi connectivity index (χ1) is 13.6. The first kappa shape index (κ1) is 23.2. The molecule has 1 aliphatic rings. The van der Waals surface area contributed by atoms with Gasteiger partial charge >= 0.3 is 0 Å². The lowest BCUT2D eigenvalue weighted by atomic mass is 9.95. The van der Waals surface area contributed by atoms with Crippen LogP contribution in [0.25, 0.3) is 0 Å². The zero-order valence-electron chi connectivity index (χ0n) is 17.6. The van der Waals surface area contributed by atoms with Gasteiger partial charge in [-0.2, -0.15) is 0 Å². The molecule has 150 valence electrons. The molecule has 28 heavy (non-hydrogen) atoms. The number of benzene rings is 2. The molecule has 0 saturated carbocycles. The van der Waals surface area contributed by atoms with Crippen LogP contribution in [-0.2, 0) is 9.53 Å². The van der Waals surface area contributed by atoms with Gasteiger partial charge in [0.25, 0.3) is 0 Å². The minimum Gasteiger partial charge on any atom is -0.458 e. The van der Waals surface area contributed by atoms with Crippen LogP contribution < -0.4 is 9.47 Å². The third-order valence-corrected chi connectivity index (χ3v) is 3.77. The normalized spacial score (nSPS) is 17.7. The van der Waals surface area contributed by atoms with E-state index in [0.717, 1.165) is 0 Å². The van der Waals surface area contributed by atoms with Gasteiger partial charge in [-0.3, -0.25) is 4.79 Å². The standard InChI is InChI=1S/C20H18O4.2C2H6/c1-20(22-2)14-18(23-15-9-5-3-6-10-15)17(21)13-19(20)24-16-11-7-4-8-12-16;2*1-2/h3-14H,1-2H3;2*1-2H3. The molecule has 1 atom stereocenters. The predicted molar refractivity (Wildman–Crippen MR) is 113 cm³/mol. The number of ether oxygens (including phenoxy) is 3. The molecule has 0 bridgehead atoms. The van der Waals surface area contributed by atoms with E-state index >= 15 is 0 Å². The maximum Gasteiger partial charge on any atom is 0.224 e. The summed E-state index contributed by atoms with van der Waals surface area (Å²) in [6.07, 6.45) is 3.05. The minimum atomic E-state index is -0.895. The Morgan fingerprint density at radius 1 is 0.750 bits per heavy atom. The van der Waals surface area contributed by atoms with Crippen molar-refractivity contribution in [2.24, 2.45) is 0 Å². The number of rotatable bonds is 5. The molecule has 0 N–H and O–H groups in total. The van der Waals surface area contributed by atoms with Gasteiger partial charge in [0, 0.05) is 19.3 Å². The summed E-state index contributed by atoms with van der Waals surface area (Å²) in [6, 6.07) is 18.4. The molecule has 0 fully saturated rings. The highest BCUT2D eigenvalue weighted by molar-refractivity contribution is 6.04. The van der Waals surface area contributed by atoms with E-state index in [-0.39, 0.29) is 11.5 Å². The molecule has 0 heterocycles. The minimum absolute atomic E-state index is 0.214. The first-order valence-electron chi connectivity index (χ1n) is 9.61. The van der Waals surface area contributed by atoms with Crippen molar-refractivity contribution in [2.75, 3.05) is 7.11 Å². The smallest absolute Gasteiger partial charge is 0.224 e. The van der Waals surface area contributed by atoms with Gasteiger partial charge in [-0.25, -0.2) is 0 Å². The summed E-state index contributed by atoms with van der Waals surface area (Å²) in [5, 5.41) is 0. The molecule has 3 rings (SSSR count). The summed E-state index contributed by atoms with van der Waals surface area (Å²) in [4.78, 5) is 12.4. The molecule has 0 spiro atoms. The van der Waals surface area contributed by atoms with Gasteiger partial charge in [-0.1, -0.05) is 64.1 Å². The van der Waals surface area contributed by atoms with Crippen LogP contribution in [-0.4, -0.2) is 18.5 Å². The van der Waals surface area contributed by atoms with E-state index in [1.54, 1.807) is 25.3 Å². The van der Waals surface area contributed by atoms with Gasteiger partial charge in [0.05, 0.1) is 0 Å². The number of ketones is 1. The molecule has 1 aliphatic carbocycles. The van der Waals surface area contributed by atoms with Crippen molar-refractivity contribution in [1.82, 2.24) is 0 Å². The van der Waals surface area contributed by atoms with E-state index in [0.29, 0.717) is 17.3 Å². The molecule has 1 unspecified atom stereocenters. The molecule has 0 saturated heterocycles. The van der Waals surface area contributed by atoms with Crippen molar-refractivity contribution in [3.8, 4) is 11.5 Å². The fraction of sp³-hybridized carbons (Fsp3) is 0.292. The van der Waals surface area contributed by atoms with Gasteiger partial charge in [0.15, 0.2) is 5.76 Å². The largest absolute Gasteiger partial charge is 0.458 e. The van der Waals surface area contributed by atoms with Crippen molar-refractivity contribution in [2.45, 2.75) is 40.2 Å². The quantitative estimate of drug-likeness (QED) is 0.641. The average molecular weight is 383 g/mol. The molecule has 4 heteroatoms. The van der Waals surface area contributed by atoms with E-state index in [1.807, 2.05) is 83.1 Å². The van der Waals surface area contributed by atoms with E-state index < -0.39 is 5.60 Å². The summed E-state index contributed by atoms with van der Waals surface area (Å²) in [7, 11) is 1.56. The Hall–Kier alpha value is -2.85. The van der Waals surface area contributed by atoms with Crippen LogP contribution in [0.2, 0.25) is 0 Å². The molecule has 2 aromatic rings. The van der Waals surface area contributed by atoms with Crippen molar-refractivity contribution in [3.63, 3.8) is 0 Å². The van der Waals surface area contributed by atoms with Crippen molar-refractivity contribution in [3.05, 3.63) is 84.3 Å². The zero-order chi connectivity index (χ0) is 21.0. The fourth-order valence-corrected chi connectivity index (χ4v) is 2.33. The van der Waals surface area contributed by atoms with Crippen molar-refractivity contribution < 1.29 is 19.0 Å². The summed E-state index contributed by atoms with van der Waals surface area (Å²) in [6.45, 7) is 9.82. The van der Waals surface area contributed by atoms with E-state index in [2.05, 4.69) is 0 Å². The lowest BCUT2D eigenvalue weighted by Gasteiger charge is -2.30. The van der Waals surface area contributed by atoms with Crippen molar-refractivity contribution >= 4 is 5.78 Å². The predicted octanol–water partition coefficient (Wildman–Crippen LogP) is 5.95. The number of carbonyl (C=O) groups is 1. The molecule has 0 aromatic heterocycles. The Bertz CT molecular complexity index is 779. The molecule has 4 nitrogen and oxygen atoms in total. The lowest BCUT2D eigenvalue weighted by molar-refractivity contribution is -0.114. The van der Waals surface area contributed by atoms with Crippen LogP contribution >= 0.6 is 0 Å². The zero-order valence-corrected chi connectivity index (χ0v) is 17.6. The third kappa shape index (κ3) is 6.10. The van der Waals surface area contributed by atoms with Gasteiger partial charge < -0.3 is 14.2 Å². The summed E-state index contributed by atoms with van der Waals surface area (Å²) < 4.78 is 17.1. The molecular formula is C24H30O4. The maximum atomic E-state index is 12.4. The monoisotopic (exact) mass is 382 g/mol. The Morgan fingerprint density at radius 3 is 1.68 bits per heavy atom. The van der Waals surface area contributed by atoms with Gasteiger partial charge in [0.1, 0.15) is 22.9 Å². The number of methoxy groups -OCH3 is 1. The lowest BCUT2D eigenvalue weighted by Crippen LogP contribution is -2.35. The van der Waals surface area contributed by atoms with Crippen LogP contribution in [0.5, 0.6) is 11.5 Å². The highest BCUT2D eigenvalue weighted by Crippen LogP contribution is 2.31. The topological polar surface area (TPSA) is 44.8 Å². The SMILES string of the molecule is CC.CC.COC1(C)C=C(Oc2ccccc2)C(=O)C=C1Oc1ccccc1. The van der Waals surface area contributed by atoms with E-state index in [4.69, 9.17) is 14.2 Å². The van der Waals surface area contributed by atoms with Gasteiger partial charge in [0.2, 0.25) is 5.78 Å². The van der Waals surface area contributed by atoms with Crippen LogP contribution in [0, 0.1) is 0 Å². The third-order valence-electron chi connectivity index (χ3n) is 3.77. The molecule has 0 aliphatic heterocycles. The molecule has 0 radical (unpaired) electrons. The first-order valence-corrected chi connectivity index (χ1v) is 9.61. The number of para-hydroxylation sites is 2. The van der Waals surface area contributed by atoms with Crippen molar-refractivity contribution in [1.29, 1.82) is 0 Å². The molecule has 2 aromatic carbocycles. The number of hydrogen-bond donors (Lipinski definition) is 0. The summed E-state index contributed by atoms with van der Waals surface area (Å²) in [5.41, 5.74) is -0.895. The Labute approximate surface area is 168 Å². The summed E-state index contributed by atoms with van der Waals surface area (Å²) in [5.74, 6) is 1.60. The second-order valence-electron chi connectivity index (χ2n) is 5.52.